The normalized spacial score (nSPS) is 15.8. The zero-order chi connectivity index (χ0) is 15.9. The van der Waals surface area contributed by atoms with Gasteiger partial charge in [0.25, 0.3) is 5.91 Å². The minimum Gasteiger partial charge on any atom is -0.493 e. The van der Waals surface area contributed by atoms with Crippen LogP contribution in [0.5, 0.6) is 5.75 Å². The first-order chi connectivity index (χ1) is 10.6. The number of carbonyl (C=O) groups excluding carboxylic acids is 1. The number of rotatable bonds is 6. The molecule has 0 aliphatic carbocycles. The Morgan fingerprint density at radius 2 is 2.09 bits per heavy atom. The van der Waals surface area contributed by atoms with Crippen LogP contribution in [0.1, 0.15) is 61.9 Å². The van der Waals surface area contributed by atoms with E-state index in [2.05, 4.69) is 26.1 Å². The van der Waals surface area contributed by atoms with Crippen molar-refractivity contribution in [2.45, 2.75) is 52.0 Å². The average molecular weight is 305 g/mol. The van der Waals surface area contributed by atoms with Gasteiger partial charge in [-0.15, -0.1) is 0 Å². The van der Waals surface area contributed by atoms with Crippen LogP contribution >= 0.6 is 0 Å². The van der Waals surface area contributed by atoms with Crippen LogP contribution in [0, 0.1) is 0 Å². The van der Waals surface area contributed by atoms with Gasteiger partial charge in [-0.2, -0.15) is 0 Å². The van der Waals surface area contributed by atoms with Crippen LogP contribution in [0.2, 0.25) is 0 Å². The van der Waals surface area contributed by atoms with Crippen LogP contribution in [-0.2, 0) is 4.74 Å². The van der Waals surface area contributed by atoms with Crippen molar-refractivity contribution in [1.82, 2.24) is 5.32 Å². The predicted octanol–water partition coefficient (Wildman–Crippen LogP) is 3.51. The molecule has 2 rings (SSSR count). The highest BCUT2D eigenvalue weighted by Crippen LogP contribution is 2.28. The Morgan fingerprint density at radius 1 is 1.36 bits per heavy atom. The molecule has 1 aliphatic rings. The van der Waals surface area contributed by atoms with Crippen molar-refractivity contribution in [3.8, 4) is 5.75 Å². The molecule has 1 aromatic carbocycles. The van der Waals surface area contributed by atoms with Gasteiger partial charge in [0.2, 0.25) is 0 Å². The topological polar surface area (TPSA) is 47.6 Å². The van der Waals surface area contributed by atoms with Crippen molar-refractivity contribution < 1.29 is 14.3 Å². The zero-order valence-electron chi connectivity index (χ0n) is 13.9. The summed E-state index contributed by atoms with van der Waals surface area (Å²) in [5.41, 5.74) is 1.80. The van der Waals surface area contributed by atoms with Gasteiger partial charge < -0.3 is 14.8 Å². The standard InChI is InChI=1S/C18H27NO3/c1-4-9-22-17-6-5-14(12-16(17)13(2)3)18(20)19-15-7-10-21-11-8-15/h5-6,12-13,15H,4,7-11H2,1-3H3,(H,19,20). The Bertz CT molecular complexity index is 493. The molecule has 0 atom stereocenters. The number of nitrogens with one attached hydrogen (secondary N) is 1. The van der Waals surface area contributed by atoms with Crippen molar-refractivity contribution >= 4 is 5.91 Å². The van der Waals surface area contributed by atoms with Crippen LogP contribution in [0.4, 0.5) is 0 Å². The van der Waals surface area contributed by atoms with Gasteiger partial charge in [0.05, 0.1) is 6.61 Å². The Kier molecular flexibility index (Phi) is 6.25. The second-order valence-corrected chi connectivity index (χ2v) is 6.12. The Morgan fingerprint density at radius 3 is 2.73 bits per heavy atom. The average Bonchev–Trinajstić information content (AvgIpc) is 2.53. The van der Waals surface area contributed by atoms with E-state index in [4.69, 9.17) is 9.47 Å². The second kappa shape index (κ2) is 8.18. The smallest absolute Gasteiger partial charge is 0.251 e. The first-order valence-electron chi connectivity index (χ1n) is 8.27. The number of hydrogen-bond acceptors (Lipinski definition) is 3. The maximum Gasteiger partial charge on any atom is 0.251 e. The summed E-state index contributed by atoms with van der Waals surface area (Å²) in [6.45, 7) is 8.48. The van der Waals surface area contributed by atoms with Crippen molar-refractivity contribution in [3.63, 3.8) is 0 Å². The number of benzene rings is 1. The molecule has 1 amide bonds. The lowest BCUT2D eigenvalue weighted by molar-refractivity contribution is 0.0696. The third-order valence-corrected chi connectivity index (χ3v) is 3.91. The summed E-state index contributed by atoms with van der Waals surface area (Å²) in [5.74, 6) is 1.21. The highest BCUT2D eigenvalue weighted by molar-refractivity contribution is 5.94. The maximum absolute atomic E-state index is 12.4. The molecule has 0 spiro atoms. The molecule has 4 heteroatoms. The van der Waals surface area contributed by atoms with Crippen LogP contribution in [0.3, 0.4) is 0 Å². The lowest BCUT2D eigenvalue weighted by atomic mass is 9.99. The van der Waals surface area contributed by atoms with Gasteiger partial charge in [0.15, 0.2) is 0 Å². The van der Waals surface area contributed by atoms with E-state index in [9.17, 15) is 4.79 Å². The molecule has 1 saturated heterocycles. The van der Waals surface area contributed by atoms with Gasteiger partial charge in [0, 0.05) is 24.8 Å². The second-order valence-electron chi connectivity index (χ2n) is 6.12. The van der Waals surface area contributed by atoms with Gasteiger partial charge in [-0.1, -0.05) is 20.8 Å². The maximum atomic E-state index is 12.4. The molecule has 1 fully saturated rings. The molecular weight excluding hydrogens is 278 g/mol. The highest BCUT2D eigenvalue weighted by Gasteiger charge is 2.18. The molecule has 122 valence electrons. The Labute approximate surface area is 133 Å². The van der Waals surface area contributed by atoms with E-state index in [-0.39, 0.29) is 11.9 Å². The van der Waals surface area contributed by atoms with Crippen molar-refractivity contribution in [3.05, 3.63) is 29.3 Å². The van der Waals surface area contributed by atoms with Crippen LogP contribution in [-0.4, -0.2) is 31.8 Å². The largest absolute Gasteiger partial charge is 0.493 e. The molecule has 0 saturated carbocycles. The number of hydrogen-bond donors (Lipinski definition) is 1. The first kappa shape index (κ1) is 16.8. The molecule has 0 bridgehead atoms. The van der Waals surface area contributed by atoms with E-state index in [0.717, 1.165) is 43.8 Å². The molecule has 1 aromatic rings. The van der Waals surface area contributed by atoms with Crippen LogP contribution in [0.25, 0.3) is 0 Å². The van der Waals surface area contributed by atoms with E-state index < -0.39 is 0 Å². The Balaban J connectivity index is 2.09. The minimum absolute atomic E-state index is 0.00385. The molecule has 22 heavy (non-hydrogen) atoms. The number of carbonyl (C=O) groups is 1. The van der Waals surface area contributed by atoms with Crippen molar-refractivity contribution in [2.24, 2.45) is 0 Å². The van der Waals surface area contributed by atoms with Crippen molar-refractivity contribution in [2.75, 3.05) is 19.8 Å². The van der Waals surface area contributed by atoms with Crippen LogP contribution in [0.15, 0.2) is 18.2 Å². The summed E-state index contributed by atoms with van der Waals surface area (Å²) in [4.78, 5) is 12.4. The van der Waals surface area contributed by atoms with E-state index >= 15 is 0 Å². The first-order valence-corrected chi connectivity index (χ1v) is 8.27. The van der Waals surface area contributed by atoms with E-state index in [1.165, 1.54) is 0 Å². The summed E-state index contributed by atoms with van der Waals surface area (Å²) >= 11 is 0. The third kappa shape index (κ3) is 4.47. The fraction of sp³-hybridized carbons (Fsp3) is 0.611. The Hall–Kier alpha value is -1.55. The predicted molar refractivity (Wildman–Crippen MR) is 87.6 cm³/mol. The lowest BCUT2D eigenvalue weighted by Gasteiger charge is -2.23. The lowest BCUT2D eigenvalue weighted by Crippen LogP contribution is -2.38. The fourth-order valence-electron chi connectivity index (χ4n) is 2.59. The molecular formula is C18H27NO3. The molecule has 0 aromatic heterocycles. The van der Waals surface area contributed by atoms with E-state index in [1.807, 2.05) is 18.2 Å². The monoisotopic (exact) mass is 305 g/mol. The molecule has 4 nitrogen and oxygen atoms in total. The van der Waals surface area contributed by atoms with Crippen molar-refractivity contribution in [1.29, 1.82) is 0 Å². The molecule has 1 N–H and O–H groups in total. The minimum atomic E-state index is -0.00385. The fourth-order valence-corrected chi connectivity index (χ4v) is 2.59. The quantitative estimate of drug-likeness (QED) is 0.875. The van der Waals surface area contributed by atoms with Gasteiger partial charge >= 0.3 is 0 Å². The van der Waals surface area contributed by atoms with Gasteiger partial charge in [-0.05, 0) is 48.9 Å². The van der Waals surface area contributed by atoms with Gasteiger partial charge in [-0.25, -0.2) is 0 Å². The molecule has 1 aliphatic heterocycles. The summed E-state index contributed by atoms with van der Waals surface area (Å²) in [7, 11) is 0. The number of amides is 1. The number of ether oxygens (including phenoxy) is 2. The molecule has 1 heterocycles. The molecule has 0 radical (unpaired) electrons. The van der Waals surface area contributed by atoms with Gasteiger partial charge in [0.1, 0.15) is 5.75 Å². The van der Waals surface area contributed by atoms with Gasteiger partial charge in [-0.3, -0.25) is 4.79 Å². The SMILES string of the molecule is CCCOc1ccc(C(=O)NC2CCOCC2)cc1C(C)C. The zero-order valence-corrected chi connectivity index (χ0v) is 13.9. The van der Waals surface area contributed by atoms with Crippen LogP contribution < -0.4 is 10.1 Å². The van der Waals surface area contributed by atoms with E-state index in [0.29, 0.717) is 18.1 Å². The third-order valence-electron chi connectivity index (χ3n) is 3.91. The summed E-state index contributed by atoms with van der Waals surface area (Å²) in [6.07, 6.45) is 2.75. The molecule has 0 unspecified atom stereocenters. The summed E-state index contributed by atoms with van der Waals surface area (Å²) in [6, 6.07) is 5.96. The highest BCUT2D eigenvalue weighted by atomic mass is 16.5. The summed E-state index contributed by atoms with van der Waals surface area (Å²) in [5, 5.41) is 3.10. The van der Waals surface area contributed by atoms with E-state index in [1.54, 1.807) is 0 Å². The summed E-state index contributed by atoms with van der Waals surface area (Å²) < 4.78 is 11.1.